The number of aliphatic carboxylic acids is 1. The van der Waals surface area contributed by atoms with Crippen LogP contribution in [0.3, 0.4) is 0 Å². The molecule has 0 unspecified atom stereocenters. The van der Waals surface area contributed by atoms with Crippen molar-refractivity contribution >= 4 is 21.9 Å². The van der Waals surface area contributed by atoms with Crippen LogP contribution in [0.5, 0.6) is 5.75 Å². The minimum atomic E-state index is -0.933. The second kappa shape index (κ2) is 3.73. The number of hydrogen-bond donors (Lipinski definition) is 2. The van der Waals surface area contributed by atoms with Crippen molar-refractivity contribution < 1.29 is 19.4 Å². The molecule has 1 aliphatic carbocycles. The van der Waals surface area contributed by atoms with Crippen molar-refractivity contribution in [1.82, 2.24) is 0 Å². The summed E-state index contributed by atoms with van der Waals surface area (Å²) in [7, 11) is 0. The maximum absolute atomic E-state index is 13.2. The van der Waals surface area contributed by atoms with Gasteiger partial charge in [0.2, 0.25) is 0 Å². The lowest BCUT2D eigenvalue weighted by Gasteiger charge is -2.15. The first kappa shape index (κ1) is 11.4. The molecule has 0 aliphatic heterocycles. The Bertz CT molecular complexity index is 455. The second-order valence-electron chi connectivity index (χ2n) is 4.13. The average Bonchev–Trinajstić information content (AvgIpc) is 2.91. The summed E-state index contributed by atoms with van der Waals surface area (Å²) in [4.78, 5) is 10.7. The molecule has 0 radical (unpaired) electrons. The van der Waals surface area contributed by atoms with Crippen LogP contribution < -0.4 is 0 Å². The first-order valence-electron chi connectivity index (χ1n) is 4.85. The molecule has 2 N–H and O–H groups in total. The van der Waals surface area contributed by atoms with Crippen LogP contribution in [-0.4, -0.2) is 16.2 Å². The van der Waals surface area contributed by atoms with Gasteiger partial charge in [-0.15, -0.1) is 0 Å². The van der Waals surface area contributed by atoms with Gasteiger partial charge in [-0.3, -0.25) is 4.79 Å². The Morgan fingerprint density at radius 1 is 1.50 bits per heavy atom. The fraction of sp³-hybridized carbons (Fsp3) is 0.364. The van der Waals surface area contributed by atoms with Crippen LogP contribution >= 0.6 is 15.9 Å². The predicted octanol–water partition coefficient (Wildman–Crippen LogP) is 2.80. The molecule has 0 amide bonds. The molecular formula is C11H10BrFO3. The summed E-state index contributed by atoms with van der Waals surface area (Å²) in [6.07, 6.45) is 1.27. The average molecular weight is 289 g/mol. The summed E-state index contributed by atoms with van der Waals surface area (Å²) < 4.78 is 13.5. The van der Waals surface area contributed by atoms with E-state index in [0.717, 1.165) is 6.07 Å². The van der Waals surface area contributed by atoms with E-state index in [-0.39, 0.29) is 16.6 Å². The number of carbonyl (C=O) groups is 1. The third-order valence-electron chi connectivity index (χ3n) is 2.94. The highest BCUT2D eigenvalue weighted by atomic mass is 79.9. The first-order valence-corrected chi connectivity index (χ1v) is 5.64. The number of aromatic hydroxyl groups is 1. The number of phenolic OH excluding ortho intramolecular Hbond substituents is 1. The Balaban J connectivity index is 2.44. The highest BCUT2D eigenvalue weighted by molar-refractivity contribution is 9.10. The smallest absolute Gasteiger partial charge is 0.304 e. The summed E-state index contributed by atoms with van der Waals surface area (Å²) in [6.45, 7) is 0. The third-order valence-corrected chi connectivity index (χ3v) is 3.55. The Hall–Kier alpha value is -1.10. The number of carboxylic acids is 1. The van der Waals surface area contributed by atoms with Crippen LogP contribution in [0.1, 0.15) is 24.8 Å². The van der Waals surface area contributed by atoms with Crippen molar-refractivity contribution in [2.45, 2.75) is 24.7 Å². The fourth-order valence-electron chi connectivity index (χ4n) is 1.95. The molecule has 0 spiro atoms. The molecule has 0 saturated heterocycles. The second-order valence-corrected chi connectivity index (χ2v) is 4.99. The maximum atomic E-state index is 13.2. The Kier molecular flexibility index (Phi) is 2.66. The molecule has 5 heteroatoms. The minimum Gasteiger partial charge on any atom is -0.506 e. The standard InChI is InChI=1S/C11H10BrFO3/c12-8-4-6(13)3-7(10(8)16)11(1-2-11)5-9(14)15/h3-4,16H,1-2,5H2,(H,14,15). The van der Waals surface area contributed by atoms with E-state index in [2.05, 4.69) is 15.9 Å². The molecule has 1 fully saturated rings. The van der Waals surface area contributed by atoms with Gasteiger partial charge in [0.05, 0.1) is 10.9 Å². The topological polar surface area (TPSA) is 57.5 Å². The quantitative estimate of drug-likeness (QED) is 0.899. The van der Waals surface area contributed by atoms with Crippen LogP contribution in [0, 0.1) is 5.82 Å². The van der Waals surface area contributed by atoms with E-state index < -0.39 is 17.2 Å². The first-order chi connectivity index (χ1) is 7.44. The van der Waals surface area contributed by atoms with Crippen molar-refractivity contribution in [2.75, 3.05) is 0 Å². The summed E-state index contributed by atoms with van der Waals surface area (Å²) in [5, 5.41) is 18.6. The summed E-state index contributed by atoms with van der Waals surface area (Å²) in [6, 6.07) is 2.38. The van der Waals surface area contributed by atoms with Gasteiger partial charge in [-0.05, 0) is 40.9 Å². The fourth-order valence-corrected chi connectivity index (χ4v) is 2.38. The van der Waals surface area contributed by atoms with Crippen LogP contribution in [0.2, 0.25) is 0 Å². The van der Waals surface area contributed by atoms with Gasteiger partial charge < -0.3 is 10.2 Å². The Labute approximate surface area is 100 Å². The molecule has 16 heavy (non-hydrogen) atoms. The van der Waals surface area contributed by atoms with Crippen LogP contribution in [0.15, 0.2) is 16.6 Å². The van der Waals surface area contributed by atoms with E-state index in [1.165, 1.54) is 6.07 Å². The summed E-state index contributed by atoms with van der Waals surface area (Å²) in [5.41, 5.74) is -0.192. The zero-order valence-electron chi connectivity index (χ0n) is 8.33. The zero-order valence-corrected chi connectivity index (χ0v) is 9.92. The van der Waals surface area contributed by atoms with Gasteiger partial charge in [0.1, 0.15) is 11.6 Å². The normalized spacial score (nSPS) is 17.1. The van der Waals surface area contributed by atoms with Crippen LogP contribution in [0.25, 0.3) is 0 Å². The molecule has 2 rings (SSSR count). The Morgan fingerprint density at radius 3 is 2.62 bits per heavy atom. The van der Waals surface area contributed by atoms with Crippen molar-refractivity contribution in [3.05, 3.63) is 28.0 Å². The van der Waals surface area contributed by atoms with Gasteiger partial charge in [0.25, 0.3) is 0 Å². The minimum absolute atomic E-state index is 0.0554. The zero-order chi connectivity index (χ0) is 11.9. The van der Waals surface area contributed by atoms with E-state index in [1.807, 2.05) is 0 Å². The lowest BCUT2D eigenvalue weighted by molar-refractivity contribution is -0.137. The number of benzene rings is 1. The molecule has 1 aromatic rings. The van der Waals surface area contributed by atoms with Gasteiger partial charge in [0, 0.05) is 11.0 Å². The lowest BCUT2D eigenvalue weighted by Crippen LogP contribution is -2.13. The summed E-state index contributed by atoms with van der Waals surface area (Å²) >= 11 is 3.05. The summed E-state index contributed by atoms with van der Waals surface area (Å²) in [5.74, 6) is -1.46. The molecule has 1 saturated carbocycles. The third kappa shape index (κ3) is 1.91. The number of rotatable bonds is 3. The van der Waals surface area contributed by atoms with Crippen molar-refractivity contribution in [1.29, 1.82) is 0 Å². The number of hydrogen-bond acceptors (Lipinski definition) is 2. The SMILES string of the molecule is O=C(O)CC1(c2cc(F)cc(Br)c2O)CC1. The van der Waals surface area contributed by atoms with Crippen LogP contribution in [-0.2, 0) is 10.2 Å². The van der Waals surface area contributed by atoms with E-state index in [0.29, 0.717) is 18.4 Å². The van der Waals surface area contributed by atoms with Gasteiger partial charge in [-0.1, -0.05) is 0 Å². The molecule has 0 atom stereocenters. The van der Waals surface area contributed by atoms with Crippen molar-refractivity contribution in [3.8, 4) is 5.75 Å². The predicted molar refractivity (Wildman–Crippen MR) is 58.9 cm³/mol. The highest BCUT2D eigenvalue weighted by Gasteiger charge is 2.48. The lowest BCUT2D eigenvalue weighted by atomic mass is 9.91. The van der Waals surface area contributed by atoms with Crippen molar-refractivity contribution in [2.24, 2.45) is 0 Å². The van der Waals surface area contributed by atoms with Gasteiger partial charge in [-0.25, -0.2) is 4.39 Å². The van der Waals surface area contributed by atoms with E-state index >= 15 is 0 Å². The van der Waals surface area contributed by atoms with E-state index in [1.54, 1.807) is 0 Å². The molecule has 86 valence electrons. The van der Waals surface area contributed by atoms with Gasteiger partial charge >= 0.3 is 5.97 Å². The molecule has 1 aromatic carbocycles. The largest absolute Gasteiger partial charge is 0.506 e. The highest BCUT2D eigenvalue weighted by Crippen LogP contribution is 2.54. The van der Waals surface area contributed by atoms with E-state index in [4.69, 9.17) is 5.11 Å². The monoisotopic (exact) mass is 288 g/mol. The number of phenols is 1. The Morgan fingerprint density at radius 2 is 2.12 bits per heavy atom. The number of halogens is 2. The molecule has 1 aliphatic rings. The molecule has 3 nitrogen and oxygen atoms in total. The van der Waals surface area contributed by atoms with Gasteiger partial charge in [-0.2, -0.15) is 0 Å². The molecule has 0 heterocycles. The van der Waals surface area contributed by atoms with E-state index in [9.17, 15) is 14.3 Å². The maximum Gasteiger partial charge on any atom is 0.304 e. The molecule has 0 bridgehead atoms. The van der Waals surface area contributed by atoms with Crippen LogP contribution in [0.4, 0.5) is 4.39 Å². The van der Waals surface area contributed by atoms with Crippen molar-refractivity contribution in [3.63, 3.8) is 0 Å². The molecule has 0 aromatic heterocycles. The molecular weight excluding hydrogens is 279 g/mol. The van der Waals surface area contributed by atoms with Gasteiger partial charge in [0.15, 0.2) is 0 Å². The number of carboxylic acid groups (broad SMARTS) is 1.